The standard InChI is InChI=1S/C21H19FN2OS/c1-14-7-9-16(10-8-14)21-23-17(13-26-21)12-19(25)24-11-3-5-15-4-2-6-18(22)20(15)24/h2,4,6-10,13H,3,5,11-12H2,1H3. The van der Waals surface area contributed by atoms with Crippen LogP contribution in [0.15, 0.2) is 47.8 Å². The fraction of sp³-hybridized carbons (Fsp3) is 0.238. The van der Waals surface area contributed by atoms with Gasteiger partial charge in [-0.1, -0.05) is 42.0 Å². The van der Waals surface area contributed by atoms with E-state index in [2.05, 4.69) is 17.1 Å². The molecule has 0 atom stereocenters. The van der Waals surface area contributed by atoms with E-state index < -0.39 is 0 Å². The molecule has 1 aliphatic rings. The minimum atomic E-state index is -0.325. The van der Waals surface area contributed by atoms with Crippen LogP contribution < -0.4 is 4.90 Å². The highest BCUT2D eigenvalue weighted by molar-refractivity contribution is 7.13. The molecule has 3 aromatic rings. The minimum Gasteiger partial charge on any atom is -0.309 e. The Bertz CT molecular complexity index is 949. The third-order valence-electron chi connectivity index (χ3n) is 4.65. The van der Waals surface area contributed by atoms with Gasteiger partial charge in [0.05, 0.1) is 17.8 Å². The van der Waals surface area contributed by atoms with Crippen molar-refractivity contribution in [1.29, 1.82) is 0 Å². The first-order valence-electron chi connectivity index (χ1n) is 8.71. The number of carbonyl (C=O) groups excluding carboxylic acids is 1. The molecule has 132 valence electrons. The number of fused-ring (bicyclic) bond motifs is 1. The molecule has 1 amide bonds. The van der Waals surface area contributed by atoms with Gasteiger partial charge < -0.3 is 4.90 Å². The molecular weight excluding hydrogens is 347 g/mol. The van der Waals surface area contributed by atoms with Crippen LogP contribution in [0.3, 0.4) is 0 Å². The number of hydrogen-bond donors (Lipinski definition) is 0. The van der Waals surface area contributed by atoms with Crippen LogP contribution in [0.4, 0.5) is 10.1 Å². The fourth-order valence-corrected chi connectivity index (χ4v) is 4.15. The first-order valence-corrected chi connectivity index (χ1v) is 9.59. The van der Waals surface area contributed by atoms with Crippen molar-refractivity contribution in [2.45, 2.75) is 26.2 Å². The predicted octanol–water partition coefficient (Wildman–Crippen LogP) is 4.78. The summed E-state index contributed by atoms with van der Waals surface area (Å²) >= 11 is 1.53. The number of aryl methyl sites for hydroxylation is 2. The third kappa shape index (κ3) is 3.27. The average molecular weight is 366 g/mol. The number of carbonyl (C=O) groups is 1. The summed E-state index contributed by atoms with van der Waals surface area (Å²) in [6, 6.07) is 13.2. The molecule has 3 nitrogen and oxygen atoms in total. The topological polar surface area (TPSA) is 33.2 Å². The molecule has 0 fully saturated rings. The van der Waals surface area contributed by atoms with Crippen molar-refractivity contribution in [3.05, 3.63) is 70.5 Å². The van der Waals surface area contributed by atoms with E-state index in [0.717, 1.165) is 34.7 Å². The first kappa shape index (κ1) is 16.9. The molecule has 0 N–H and O–H groups in total. The summed E-state index contributed by atoms with van der Waals surface area (Å²) in [5.74, 6) is -0.425. The van der Waals surface area contributed by atoms with Crippen LogP contribution in [-0.2, 0) is 17.6 Å². The van der Waals surface area contributed by atoms with E-state index in [1.54, 1.807) is 11.0 Å². The Morgan fingerprint density at radius 1 is 1.23 bits per heavy atom. The Morgan fingerprint density at radius 3 is 2.85 bits per heavy atom. The van der Waals surface area contributed by atoms with Crippen LogP contribution in [0.5, 0.6) is 0 Å². The highest BCUT2D eigenvalue weighted by Gasteiger charge is 2.26. The molecule has 0 aliphatic carbocycles. The summed E-state index contributed by atoms with van der Waals surface area (Å²) in [6.45, 7) is 2.60. The summed E-state index contributed by atoms with van der Waals surface area (Å²) in [5, 5.41) is 2.82. The van der Waals surface area contributed by atoms with Crippen LogP contribution >= 0.6 is 11.3 Å². The van der Waals surface area contributed by atoms with E-state index in [9.17, 15) is 9.18 Å². The lowest BCUT2D eigenvalue weighted by atomic mass is 10.0. The fourth-order valence-electron chi connectivity index (χ4n) is 3.32. The lowest BCUT2D eigenvalue weighted by Crippen LogP contribution is -2.37. The summed E-state index contributed by atoms with van der Waals surface area (Å²) < 4.78 is 14.3. The first-order chi connectivity index (χ1) is 12.6. The number of amides is 1. The van der Waals surface area contributed by atoms with Crippen molar-refractivity contribution in [1.82, 2.24) is 4.98 Å². The van der Waals surface area contributed by atoms with Crippen LogP contribution in [0, 0.1) is 12.7 Å². The number of halogens is 1. The minimum absolute atomic E-state index is 0.100. The Morgan fingerprint density at radius 2 is 2.04 bits per heavy atom. The Labute approximate surface area is 156 Å². The zero-order chi connectivity index (χ0) is 18.1. The van der Waals surface area contributed by atoms with Crippen LogP contribution in [0.2, 0.25) is 0 Å². The smallest absolute Gasteiger partial charge is 0.233 e. The van der Waals surface area contributed by atoms with Gasteiger partial charge in [-0.3, -0.25) is 4.79 Å². The van der Waals surface area contributed by atoms with Gasteiger partial charge in [0.1, 0.15) is 10.8 Å². The zero-order valence-electron chi connectivity index (χ0n) is 14.5. The quantitative estimate of drug-likeness (QED) is 0.668. The number of aromatic nitrogens is 1. The molecule has 0 saturated heterocycles. The van der Waals surface area contributed by atoms with Gasteiger partial charge in [0.25, 0.3) is 0 Å². The lowest BCUT2D eigenvalue weighted by Gasteiger charge is -2.29. The van der Waals surface area contributed by atoms with Crippen molar-refractivity contribution in [2.24, 2.45) is 0 Å². The molecule has 2 heterocycles. The Hall–Kier alpha value is -2.53. The van der Waals surface area contributed by atoms with E-state index in [4.69, 9.17) is 0 Å². The second kappa shape index (κ2) is 7.00. The zero-order valence-corrected chi connectivity index (χ0v) is 15.4. The molecule has 0 unspecified atom stereocenters. The van der Waals surface area contributed by atoms with E-state index in [-0.39, 0.29) is 18.1 Å². The maximum absolute atomic E-state index is 14.3. The number of nitrogens with zero attached hydrogens (tertiary/aromatic N) is 2. The van der Waals surface area contributed by atoms with Crippen molar-refractivity contribution >= 4 is 22.9 Å². The van der Waals surface area contributed by atoms with Crippen molar-refractivity contribution in [2.75, 3.05) is 11.4 Å². The lowest BCUT2D eigenvalue weighted by molar-refractivity contribution is -0.118. The Balaban J connectivity index is 1.54. The van der Waals surface area contributed by atoms with Gasteiger partial charge in [-0.15, -0.1) is 11.3 Å². The summed E-state index contributed by atoms with van der Waals surface area (Å²) in [7, 11) is 0. The third-order valence-corrected chi connectivity index (χ3v) is 5.59. The van der Waals surface area contributed by atoms with Gasteiger partial charge in [-0.25, -0.2) is 9.37 Å². The van der Waals surface area contributed by atoms with E-state index >= 15 is 0 Å². The maximum Gasteiger partial charge on any atom is 0.233 e. The van der Waals surface area contributed by atoms with Crippen molar-refractivity contribution in [3.8, 4) is 10.6 Å². The van der Waals surface area contributed by atoms with Gasteiger partial charge in [0.2, 0.25) is 5.91 Å². The van der Waals surface area contributed by atoms with Gasteiger partial charge in [-0.2, -0.15) is 0 Å². The average Bonchev–Trinajstić information content (AvgIpc) is 3.10. The molecule has 0 spiro atoms. The molecule has 1 aliphatic heterocycles. The molecule has 26 heavy (non-hydrogen) atoms. The number of para-hydroxylation sites is 1. The highest BCUT2D eigenvalue weighted by Crippen LogP contribution is 2.31. The second-order valence-corrected chi connectivity index (χ2v) is 7.44. The van der Waals surface area contributed by atoms with Gasteiger partial charge in [0.15, 0.2) is 0 Å². The second-order valence-electron chi connectivity index (χ2n) is 6.58. The molecule has 0 radical (unpaired) electrons. The Kier molecular flexibility index (Phi) is 4.55. The van der Waals surface area contributed by atoms with E-state index in [0.29, 0.717) is 12.2 Å². The molecule has 1 aromatic heterocycles. The molecule has 5 heteroatoms. The normalized spacial score (nSPS) is 13.5. The van der Waals surface area contributed by atoms with Crippen molar-refractivity contribution < 1.29 is 9.18 Å². The van der Waals surface area contributed by atoms with Gasteiger partial charge in [0, 0.05) is 17.5 Å². The summed E-state index contributed by atoms with van der Waals surface area (Å²) in [4.78, 5) is 19.0. The molecular formula is C21H19FN2OS. The number of benzene rings is 2. The number of hydrogen-bond acceptors (Lipinski definition) is 3. The van der Waals surface area contributed by atoms with Crippen LogP contribution in [0.1, 0.15) is 23.2 Å². The molecule has 4 rings (SSSR count). The van der Waals surface area contributed by atoms with E-state index in [1.807, 2.05) is 30.5 Å². The number of rotatable bonds is 3. The summed E-state index contributed by atoms with van der Waals surface area (Å²) in [6.07, 6.45) is 1.86. The van der Waals surface area contributed by atoms with Crippen LogP contribution in [0.25, 0.3) is 10.6 Å². The van der Waals surface area contributed by atoms with Gasteiger partial charge >= 0.3 is 0 Å². The van der Waals surface area contributed by atoms with Crippen LogP contribution in [-0.4, -0.2) is 17.4 Å². The summed E-state index contributed by atoms with van der Waals surface area (Å²) in [5.41, 5.74) is 4.33. The van der Waals surface area contributed by atoms with Crippen molar-refractivity contribution in [3.63, 3.8) is 0 Å². The monoisotopic (exact) mass is 366 g/mol. The molecule has 0 saturated carbocycles. The van der Waals surface area contributed by atoms with Gasteiger partial charge in [-0.05, 0) is 31.4 Å². The molecule has 2 aromatic carbocycles. The highest BCUT2D eigenvalue weighted by atomic mass is 32.1. The van der Waals surface area contributed by atoms with E-state index in [1.165, 1.54) is 23.0 Å². The molecule has 0 bridgehead atoms. The number of anilines is 1. The SMILES string of the molecule is Cc1ccc(-c2nc(CC(=O)N3CCCc4cccc(F)c43)cs2)cc1. The maximum atomic E-state index is 14.3. The number of thiazole rings is 1. The predicted molar refractivity (Wildman–Crippen MR) is 103 cm³/mol. The largest absolute Gasteiger partial charge is 0.309 e.